The number of oxazole rings is 1. The van der Waals surface area contributed by atoms with Gasteiger partial charge in [0.25, 0.3) is 0 Å². The first-order valence-corrected chi connectivity index (χ1v) is 6.72. The standard InChI is InChI=1S/C13H19F3N2O/c1-2-17-7-11-12(19-8-18-11)9-4-3-5-10(6-9)13(14,15)16/h8-10,17H,2-7H2,1H3. The van der Waals surface area contributed by atoms with Crippen LogP contribution in [0.15, 0.2) is 10.8 Å². The molecule has 2 unspecified atom stereocenters. The number of halogens is 3. The van der Waals surface area contributed by atoms with Gasteiger partial charge in [0.1, 0.15) is 5.76 Å². The molecule has 2 atom stereocenters. The minimum atomic E-state index is -4.10. The highest BCUT2D eigenvalue weighted by molar-refractivity contribution is 5.14. The molecule has 1 fully saturated rings. The van der Waals surface area contributed by atoms with Gasteiger partial charge in [-0.1, -0.05) is 13.3 Å². The summed E-state index contributed by atoms with van der Waals surface area (Å²) < 4.78 is 43.7. The number of hydrogen-bond donors (Lipinski definition) is 1. The smallest absolute Gasteiger partial charge is 0.391 e. The van der Waals surface area contributed by atoms with Crippen LogP contribution in [0.3, 0.4) is 0 Å². The van der Waals surface area contributed by atoms with Crippen LogP contribution >= 0.6 is 0 Å². The minimum Gasteiger partial charge on any atom is -0.448 e. The average molecular weight is 276 g/mol. The SMILES string of the molecule is CCNCc1ncoc1C1CCCC(C(F)(F)F)C1. The summed E-state index contributed by atoms with van der Waals surface area (Å²) in [5, 5.41) is 3.13. The molecule has 1 heterocycles. The zero-order valence-electron chi connectivity index (χ0n) is 11.0. The Balaban J connectivity index is 2.07. The van der Waals surface area contributed by atoms with Crippen LogP contribution in [0.25, 0.3) is 0 Å². The molecule has 0 saturated heterocycles. The highest BCUT2D eigenvalue weighted by Gasteiger charge is 2.43. The summed E-state index contributed by atoms with van der Waals surface area (Å²) in [5.74, 6) is -0.727. The van der Waals surface area contributed by atoms with Gasteiger partial charge in [-0.25, -0.2) is 4.98 Å². The fourth-order valence-electron chi connectivity index (χ4n) is 2.71. The summed E-state index contributed by atoms with van der Waals surface area (Å²) in [6.45, 7) is 3.32. The van der Waals surface area contributed by atoms with Crippen molar-refractivity contribution in [3.63, 3.8) is 0 Å². The van der Waals surface area contributed by atoms with E-state index in [0.29, 0.717) is 18.7 Å². The summed E-state index contributed by atoms with van der Waals surface area (Å²) in [6, 6.07) is 0. The Bertz CT molecular complexity index is 403. The van der Waals surface area contributed by atoms with Gasteiger partial charge in [-0.15, -0.1) is 0 Å². The van der Waals surface area contributed by atoms with Gasteiger partial charge in [0.15, 0.2) is 6.39 Å². The maximum Gasteiger partial charge on any atom is 0.391 e. The molecule has 3 nitrogen and oxygen atoms in total. The zero-order valence-corrected chi connectivity index (χ0v) is 11.0. The van der Waals surface area contributed by atoms with Gasteiger partial charge in [-0.3, -0.25) is 0 Å². The van der Waals surface area contributed by atoms with E-state index in [1.807, 2.05) is 6.92 Å². The van der Waals surface area contributed by atoms with E-state index < -0.39 is 12.1 Å². The predicted molar refractivity (Wildman–Crippen MR) is 64.6 cm³/mol. The van der Waals surface area contributed by atoms with Crippen molar-refractivity contribution in [3.8, 4) is 0 Å². The molecule has 19 heavy (non-hydrogen) atoms. The lowest BCUT2D eigenvalue weighted by Gasteiger charge is -2.29. The van der Waals surface area contributed by atoms with E-state index in [4.69, 9.17) is 4.42 Å². The topological polar surface area (TPSA) is 38.1 Å². The first kappa shape index (κ1) is 14.4. The lowest BCUT2D eigenvalue weighted by atomic mass is 9.79. The minimum absolute atomic E-state index is 0.123. The molecule has 1 aromatic rings. The lowest BCUT2D eigenvalue weighted by molar-refractivity contribution is -0.183. The van der Waals surface area contributed by atoms with E-state index in [9.17, 15) is 13.2 Å². The Morgan fingerprint density at radius 3 is 2.89 bits per heavy atom. The molecule has 1 aliphatic carbocycles. The van der Waals surface area contributed by atoms with Crippen LogP contribution in [0.4, 0.5) is 13.2 Å². The van der Waals surface area contributed by atoms with E-state index in [1.165, 1.54) is 6.39 Å². The number of rotatable bonds is 4. The summed E-state index contributed by atoms with van der Waals surface area (Å²) in [4.78, 5) is 4.11. The molecule has 0 amide bonds. The molecule has 0 aromatic carbocycles. The van der Waals surface area contributed by atoms with Crippen LogP contribution in [0, 0.1) is 5.92 Å². The number of nitrogens with zero attached hydrogens (tertiary/aromatic N) is 1. The number of aromatic nitrogens is 1. The van der Waals surface area contributed by atoms with Crippen LogP contribution in [-0.2, 0) is 6.54 Å². The Labute approximate surface area is 110 Å². The quantitative estimate of drug-likeness (QED) is 0.912. The Morgan fingerprint density at radius 2 is 2.21 bits per heavy atom. The summed E-state index contributed by atoms with van der Waals surface area (Å²) in [7, 11) is 0. The summed E-state index contributed by atoms with van der Waals surface area (Å²) >= 11 is 0. The third-order valence-corrected chi connectivity index (χ3v) is 3.72. The van der Waals surface area contributed by atoms with Crippen molar-refractivity contribution < 1.29 is 17.6 Å². The number of hydrogen-bond acceptors (Lipinski definition) is 3. The van der Waals surface area contributed by atoms with Gasteiger partial charge in [0.05, 0.1) is 11.6 Å². The van der Waals surface area contributed by atoms with Gasteiger partial charge in [-0.05, 0) is 25.8 Å². The van der Waals surface area contributed by atoms with Crippen molar-refractivity contribution in [1.82, 2.24) is 10.3 Å². The summed E-state index contributed by atoms with van der Waals surface area (Å²) in [5.41, 5.74) is 0.745. The second-order valence-corrected chi connectivity index (χ2v) is 5.05. The Kier molecular flexibility index (Phi) is 4.50. The van der Waals surface area contributed by atoms with E-state index in [1.54, 1.807) is 0 Å². The van der Waals surface area contributed by atoms with Crippen molar-refractivity contribution in [2.75, 3.05) is 6.54 Å². The molecule has 0 spiro atoms. The van der Waals surface area contributed by atoms with E-state index in [0.717, 1.165) is 18.7 Å². The van der Waals surface area contributed by atoms with Gasteiger partial charge in [-0.2, -0.15) is 13.2 Å². The van der Waals surface area contributed by atoms with Crippen molar-refractivity contribution in [2.24, 2.45) is 5.92 Å². The van der Waals surface area contributed by atoms with Crippen molar-refractivity contribution >= 4 is 0 Å². The summed E-state index contributed by atoms with van der Waals surface area (Å²) in [6.07, 6.45) is -1.06. The van der Waals surface area contributed by atoms with Crippen LogP contribution in [0.2, 0.25) is 0 Å². The van der Waals surface area contributed by atoms with Crippen molar-refractivity contribution in [2.45, 2.75) is 51.2 Å². The molecule has 1 aromatic heterocycles. The van der Waals surface area contributed by atoms with Gasteiger partial charge < -0.3 is 9.73 Å². The molecule has 0 aliphatic heterocycles. The molecular weight excluding hydrogens is 257 g/mol. The maximum absolute atomic E-state index is 12.8. The second-order valence-electron chi connectivity index (χ2n) is 5.05. The van der Waals surface area contributed by atoms with Crippen LogP contribution in [-0.4, -0.2) is 17.7 Å². The molecule has 2 rings (SSSR count). The van der Waals surface area contributed by atoms with Crippen LogP contribution in [0.5, 0.6) is 0 Å². The Hall–Kier alpha value is -1.04. The first-order chi connectivity index (χ1) is 9.02. The second kappa shape index (κ2) is 5.94. The highest BCUT2D eigenvalue weighted by atomic mass is 19.4. The molecule has 6 heteroatoms. The maximum atomic E-state index is 12.8. The molecule has 1 aliphatic rings. The lowest BCUT2D eigenvalue weighted by Crippen LogP contribution is -2.28. The fraction of sp³-hybridized carbons (Fsp3) is 0.769. The molecule has 0 radical (unpaired) electrons. The van der Waals surface area contributed by atoms with E-state index in [2.05, 4.69) is 10.3 Å². The largest absolute Gasteiger partial charge is 0.448 e. The van der Waals surface area contributed by atoms with Gasteiger partial charge in [0.2, 0.25) is 0 Å². The van der Waals surface area contributed by atoms with E-state index in [-0.39, 0.29) is 18.8 Å². The molecule has 108 valence electrons. The average Bonchev–Trinajstić information content (AvgIpc) is 2.83. The third kappa shape index (κ3) is 3.49. The van der Waals surface area contributed by atoms with Gasteiger partial charge in [0, 0.05) is 12.5 Å². The fourth-order valence-corrected chi connectivity index (χ4v) is 2.71. The monoisotopic (exact) mass is 276 g/mol. The zero-order chi connectivity index (χ0) is 13.9. The number of nitrogens with one attached hydrogen (secondary N) is 1. The predicted octanol–water partition coefficient (Wildman–Crippen LogP) is 3.62. The molecular formula is C13H19F3N2O. The van der Waals surface area contributed by atoms with Crippen molar-refractivity contribution in [3.05, 3.63) is 17.8 Å². The first-order valence-electron chi connectivity index (χ1n) is 6.72. The highest BCUT2D eigenvalue weighted by Crippen LogP contribution is 2.44. The van der Waals surface area contributed by atoms with Crippen LogP contribution < -0.4 is 5.32 Å². The van der Waals surface area contributed by atoms with Gasteiger partial charge >= 0.3 is 6.18 Å². The molecule has 0 bridgehead atoms. The van der Waals surface area contributed by atoms with E-state index >= 15 is 0 Å². The Morgan fingerprint density at radius 1 is 1.42 bits per heavy atom. The normalized spacial score (nSPS) is 24.6. The molecule has 1 saturated carbocycles. The number of alkyl halides is 3. The molecule has 1 N–H and O–H groups in total. The van der Waals surface area contributed by atoms with Crippen molar-refractivity contribution in [1.29, 1.82) is 0 Å². The third-order valence-electron chi connectivity index (χ3n) is 3.72. The van der Waals surface area contributed by atoms with Crippen LogP contribution in [0.1, 0.15) is 50.0 Å².